The molecule has 0 aliphatic carbocycles. The minimum Gasteiger partial charge on any atom is -0.481 e. The third-order valence-electron chi connectivity index (χ3n) is 3.73. The molecule has 25 heavy (non-hydrogen) atoms. The fourth-order valence-corrected chi connectivity index (χ4v) is 4.01. The van der Waals surface area contributed by atoms with Crippen molar-refractivity contribution in [3.8, 4) is 11.5 Å². The molecule has 1 N–H and O–H groups in total. The van der Waals surface area contributed by atoms with Crippen LogP contribution in [0.25, 0.3) is 21.9 Å². The van der Waals surface area contributed by atoms with E-state index in [2.05, 4.69) is 20.9 Å². The van der Waals surface area contributed by atoms with E-state index in [0.717, 1.165) is 20.3 Å². The van der Waals surface area contributed by atoms with Crippen LogP contribution in [-0.4, -0.2) is 22.9 Å². The van der Waals surface area contributed by atoms with Crippen molar-refractivity contribution in [3.05, 3.63) is 51.4 Å². The van der Waals surface area contributed by atoms with E-state index in [1.54, 1.807) is 0 Å². The molecule has 1 aromatic heterocycles. The van der Waals surface area contributed by atoms with Crippen LogP contribution in [0.1, 0.15) is 17.0 Å². The number of hydrogen-bond acceptors (Lipinski definition) is 5. The van der Waals surface area contributed by atoms with Crippen molar-refractivity contribution in [2.45, 2.75) is 6.42 Å². The van der Waals surface area contributed by atoms with Gasteiger partial charge in [-0.3, -0.25) is 4.79 Å². The lowest BCUT2D eigenvalue weighted by Crippen LogP contribution is -1.97. The van der Waals surface area contributed by atoms with E-state index >= 15 is 0 Å². The van der Waals surface area contributed by atoms with Crippen LogP contribution >= 0.6 is 27.3 Å². The molecule has 1 aliphatic heterocycles. The molecule has 0 saturated carbocycles. The van der Waals surface area contributed by atoms with Gasteiger partial charge in [-0.1, -0.05) is 28.1 Å². The zero-order valence-corrected chi connectivity index (χ0v) is 15.3. The number of aliphatic carboxylic acids is 1. The zero-order chi connectivity index (χ0) is 17.4. The summed E-state index contributed by atoms with van der Waals surface area (Å²) in [6.45, 7) is 0.189. The van der Waals surface area contributed by atoms with E-state index < -0.39 is 5.97 Å². The Labute approximate surface area is 155 Å². The van der Waals surface area contributed by atoms with Crippen LogP contribution < -0.4 is 9.47 Å². The standard InChI is InChI=1S/C18H12BrNO4S/c19-12-8-15-14(23-9-24-15)6-10(12)5-11(7-17(21)22)18-20-13-3-1-2-4-16(13)25-18/h1-6,8H,7,9H2,(H,21,22). The summed E-state index contributed by atoms with van der Waals surface area (Å²) in [6.07, 6.45) is 1.72. The van der Waals surface area contributed by atoms with Gasteiger partial charge in [0.25, 0.3) is 0 Å². The summed E-state index contributed by atoms with van der Waals surface area (Å²) in [5.41, 5.74) is 2.33. The van der Waals surface area contributed by atoms with Gasteiger partial charge in [0.05, 0.1) is 16.6 Å². The molecule has 0 saturated heterocycles. The second kappa shape index (κ2) is 6.50. The highest BCUT2D eigenvalue weighted by atomic mass is 79.9. The lowest BCUT2D eigenvalue weighted by molar-refractivity contribution is -0.135. The molecule has 126 valence electrons. The summed E-state index contributed by atoms with van der Waals surface area (Å²) in [5.74, 6) is 0.416. The van der Waals surface area contributed by atoms with E-state index in [1.165, 1.54) is 11.3 Å². The number of aromatic nitrogens is 1. The first-order chi connectivity index (χ1) is 12.1. The van der Waals surface area contributed by atoms with Gasteiger partial charge < -0.3 is 14.6 Å². The molecule has 7 heteroatoms. The second-order valence-corrected chi connectivity index (χ2v) is 7.34. The molecule has 5 nitrogen and oxygen atoms in total. The number of halogens is 1. The Hall–Kier alpha value is -2.38. The average Bonchev–Trinajstić information content (AvgIpc) is 3.19. The second-order valence-electron chi connectivity index (χ2n) is 5.45. The lowest BCUT2D eigenvalue weighted by Gasteiger charge is -2.05. The molecule has 0 amide bonds. The summed E-state index contributed by atoms with van der Waals surface area (Å²) >= 11 is 4.99. The molecule has 0 unspecified atom stereocenters. The van der Waals surface area contributed by atoms with E-state index in [9.17, 15) is 9.90 Å². The Morgan fingerprint density at radius 2 is 2.04 bits per heavy atom. The highest BCUT2D eigenvalue weighted by molar-refractivity contribution is 9.10. The number of carbonyl (C=O) groups is 1. The SMILES string of the molecule is O=C(O)CC(=Cc1cc2c(cc1Br)OCO2)c1nc2ccccc2s1. The van der Waals surface area contributed by atoms with Gasteiger partial charge in [0.15, 0.2) is 11.5 Å². The number of thiazole rings is 1. The fourth-order valence-electron chi connectivity index (χ4n) is 2.59. The molecule has 0 fully saturated rings. The maximum atomic E-state index is 11.3. The van der Waals surface area contributed by atoms with Gasteiger partial charge in [-0.15, -0.1) is 11.3 Å². The molecule has 0 bridgehead atoms. The van der Waals surface area contributed by atoms with Crippen molar-refractivity contribution in [2.75, 3.05) is 6.79 Å². The fraction of sp³-hybridized carbons (Fsp3) is 0.111. The van der Waals surface area contributed by atoms with Gasteiger partial charge in [0.2, 0.25) is 6.79 Å². The van der Waals surface area contributed by atoms with Gasteiger partial charge in [-0.25, -0.2) is 4.98 Å². The van der Waals surface area contributed by atoms with Crippen molar-refractivity contribution in [1.29, 1.82) is 0 Å². The molecule has 3 aromatic rings. The molecule has 0 atom stereocenters. The van der Waals surface area contributed by atoms with Gasteiger partial charge in [-0.2, -0.15) is 0 Å². The molecular formula is C18H12BrNO4S. The van der Waals surface area contributed by atoms with E-state index in [4.69, 9.17) is 9.47 Å². The largest absolute Gasteiger partial charge is 0.481 e. The average molecular weight is 418 g/mol. The van der Waals surface area contributed by atoms with Crippen molar-refractivity contribution in [2.24, 2.45) is 0 Å². The predicted octanol–water partition coefficient (Wildman–Crippen LogP) is 4.80. The Bertz CT molecular complexity index is 978. The Morgan fingerprint density at radius 1 is 1.28 bits per heavy atom. The van der Waals surface area contributed by atoms with E-state index in [1.807, 2.05) is 42.5 Å². The van der Waals surface area contributed by atoms with Gasteiger partial charge in [0.1, 0.15) is 5.01 Å². The first kappa shape index (κ1) is 16.1. The third kappa shape index (κ3) is 3.25. The minimum absolute atomic E-state index is 0.110. The number of benzene rings is 2. The molecule has 2 heterocycles. The highest BCUT2D eigenvalue weighted by Gasteiger charge is 2.18. The van der Waals surface area contributed by atoms with Gasteiger partial charge in [0, 0.05) is 4.47 Å². The molecule has 0 spiro atoms. The molecule has 2 aromatic carbocycles. The van der Waals surface area contributed by atoms with Crippen LogP contribution in [0.4, 0.5) is 0 Å². The number of carboxylic acid groups (broad SMARTS) is 1. The van der Waals surface area contributed by atoms with Crippen LogP contribution in [0.15, 0.2) is 40.9 Å². The van der Waals surface area contributed by atoms with E-state index in [0.29, 0.717) is 22.1 Å². The van der Waals surface area contributed by atoms with Crippen LogP contribution in [-0.2, 0) is 4.79 Å². The van der Waals surface area contributed by atoms with Crippen molar-refractivity contribution in [1.82, 2.24) is 4.98 Å². The minimum atomic E-state index is -0.901. The number of rotatable bonds is 4. The monoisotopic (exact) mass is 417 g/mol. The summed E-state index contributed by atoms with van der Waals surface area (Å²) in [6, 6.07) is 11.4. The third-order valence-corrected chi connectivity index (χ3v) is 5.53. The van der Waals surface area contributed by atoms with Crippen molar-refractivity contribution >= 4 is 55.1 Å². The number of carboxylic acids is 1. The first-order valence-electron chi connectivity index (χ1n) is 7.47. The molecule has 0 radical (unpaired) electrons. The number of fused-ring (bicyclic) bond motifs is 2. The predicted molar refractivity (Wildman–Crippen MR) is 100 cm³/mol. The smallest absolute Gasteiger partial charge is 0.307 e. The topological polar surface area (TPSA) is 68.7 Å². The van der Waals surface area contributed by atoms with Crippen LogP contribution in [0.2, 0.25) is 0 Å². The molecular weight excluding hydrogens is 406 g/mol. The summed E-state index contributed by atoms with van der Waals surface area (Å²) in [7, 11) is 0. The van der Waals surface area contributed by atoms with Crippen LogP contribution in [0.3, 0.4) is 0 Å². The van der Waals surface area contributed by atoms with Crippen molar-refractivity contribution in [3.63, 3.8) is 0 Å². The number of para-hydroxylation sites is 1. The maximum absolute atomic E-state index is 11.3. The maximum Gasteiger partial charge on any atom is 0.307 e. The molecule has 1 aliphatic rings. The summed E-state index contributed by atoms with van der Waals surface area (Å²) in [4.78, 5) is 15.9. The van der Waals surface area contributed by atoms with Crippen LogP contribution in [0, 0.1) is 0 Å². The first-order valence-corrected chi connectivity index (χ1v) is 9.08. The zero-order valence-electron chi connectivity index (χ0n) is 12.9. The normalized spacial score (nSPS) is 13.4. The van der Waals surface area contributed by atoms with E-state index in [-0.39, 0.29) is 13.2 Å². The van der Waals surface area contributed by atoms with Crippen LogP contribution in [0.5, 0.6) is 11.5 Å². The number of hydrogen-bond donors (Lipinski definition) is 1. The van der Waals surface area contributed by atoms with Crippen molar-refractivity contribution < 1.29 is 19.4 Å². The summed E-state index contributed by atoms with van der Waals surface area (Å²) < 4.78 is 12.6. The quantitative estimate of drug-likeness (QED) is 0.659. The van der Waals surface area contributed by atoms with Gasteiger partial charge in [-0.05, 0) is 41.5 Å². The highest BCUT2D eigenvalue weighted by Crippen LogP contribution is 2.39. The molecule has 4 rings (SSSR count). The Morgan fingerprint density at radius 3 is 2.80 bits per heavy atom. The Balaban J connectivity index is 1.81. The Kier molecular flexibility index (Phi) is 4.19. The number of ether oxygens (including phenoxy) is 2. The number of nitrogens with zero attached hydrogens (tertiary/aromatic N) is 1. The lowest BCUT2D eigenvalue weighted by atomic mass is 10.1. The summed E-state index contributed by atoms with van der Waals surface area (Å²) in [5, 5.41) is 10.0. The van der Waals surface area contributed by atoms with Gasteiger partial charge >= 0.3 is 5.97 Å².